The second-order valence-electron chi connectivity index (χ2n) is 11.1. The average molecular weight is 456 g/mol. The van der Waals surface area contributed by atoms with Gasteiger partial charge in [0.1, 0.15) is 11.6 Å². The molecular formula is C29H33N3O2. The van der Waals surface area contributed by atoms with Gasteiger partial charge in [0.25, 0.3) is 0 Å². The molecule has 5 nitrogen and oxygen atoms in total. The molecule has 0 unspecified atom stereocenters. The number of nitrogens with one attached hydrogen (secondary N) is 2. The first-order chi connectivity index (χ1) is 16.5. The summed E-state index contributed by atoms with van der Waals surface area (Å²) in [6.07, 6.45) is 9.48. The van der Waals surface area contributed by atoms with E-state index >= 15 is 0 Å². The first-order valence-corrected chi connectivity index (χ1v) is 12.8. The minimum atomic E-state index is 0.158. The van der Waals surface area contributed by atoms with Crippen molar-refractivity contribution in [1.82, 2.24) is 4.98 Å². The number of amides is 1. The maximum absolute atomic E-state index is 13.1. The predicted octanol–water partition coefficient (Wildman–Crippen LogP) is 6.14. The van der Waals surface area contributed by atoms with Gasteiger partial charge in [0.2, 0.25) is 5.91 Å². The van der Waals surface area contributed by atoms with Gasteiger partial charge in [0.05, 0.1) is 11.2 Å². The number of rotatable bonds is 7. The highest BCUT2D eigenvalue weighted by atomic mass is 16.3. The van der Waals surface area contributed by atoms with E-state index in [-0.39, 0.29) is 17.1 Å². The van der Waals surface area contributed by atoms with E-state index in [0.29, 0.717) is 6.42 Å². The summed E-state index contributed by atoms with van der Waals surface area (Å²) in [5.41, 5.74) is 3.14. The Balaban J connectivity index is 1.11. The molecule has 1 amide bonds. The zero-order valence-electron chi connectivity index (χ0n) is 19.6. The summed E-state index contributed by atoms with van der Waals surface area (Å²) < 4.78 is 0. The number of benzene rings is 2. The molecule has 3 N–H and O–H groups in total. The summed E-state index contributed by atoms with van der Waals surface area (Å²) >= 11 is 0. The summed E-state index contributed by atoms with van der Waals surface area (Å²) in [6, 6.07) is 17.3. The third-order valence-corrected chi connectivity index (χ3v) is 8.36. The minimum Gasteiger partial charge on any atom is -0.508 e. The van der Waals surface area contributed by atoms with Crippen LogP contribution in [-0.2, 0) is 11.2 Å². The van der Waals surface area contributed by atoms with E-state index < -0.39 is 0 Å². The number of aromatic hydroxyl groups is 1. The van der Waals surface area contributed by atoms with E-state index in [2.05, 4.69) is 10.6 Å². The summed E-state index contributed by atoms with van der Waals surface area (Å²) in [4.78, 5) is 17.9. The topological polar surface area (TPSA) is 74.2 Å². The third-order valence-electron chi connectivity index (χ3n) is 8.36. The van der Waals surface area contributed by atoms with Crippen molar-refractivity contribution in [2.45, 2.75) is 51.4 Å². The van der Waals surface area contributed by atoms with Gasteiger partial charge in [-0.3, -0.25) is 4.79 Å². The number of nitrogens with zero attached hydrogens (tertiary/aromatic N) is 1. The molecule has 4 saturated carbocycles. The normalized spacial score (nSPS) is 27.1. The monoisotopic (exact) mass is 455 g/mol. The van der Waals surface area contributed by atoms with Crippen molar-refractivity contribution in [3.8, 4) is 5.75 Å². The lowest BCUT2D eigenvalue weighted by atomic mass is 9.49. The van der Waals surface area contributed by atoms with Crippen LogP contribution < -0.4 is 10.6 Å². The Bertz CT molecular complexity index is 1170. The van der Waals surface area contributed by atoms with Crippen molar-refractivity contribution in [2.24, 2.45) is 23.2 Å². The minimum absolute atomic E-state index is 0.158. The highest BCUT2D eigenvalue weighted by molar-refractivity contribution is 6.01. The van der Waals surface area contributed by atoms with Crippen molar-refractivity contribution in [3.05, 3.63) is 60.2 Å². The van der Waals surface area contributed by atoms with Crippen LogP contribution in [0.1, 0.15) is 50.5 Å². The molecule has 2 aromatic carbocycles. The molecule has 0 saturated heterocycles. The van der Waals surface area contributed by atoms with E-state index in [0.717, 1.165) is 58.7 Å². The molecule has 1 aromatic heterocycles. The quantitative estimate of drug-likeness (QED) is 0.400. The molecule has 176 valence electrons. The van der Waals surface area contributed by atoms with Gasteiger partial charge in [-0.25, -0.2) is 4.98 Å². The largest absolute Gasteiger partial charge is 0.508 e. The number of hydrogen-bond donors (Lipinski definition) is 3. The molecule has 7 rings (SSSR count). The van der Waals surface area contributed by atoms with Gasteiger partial charge in [0, 0.05) is 18.4 Å². The van der Waals surface area contributed by atoms with Crippen molar-refractivity contribution < 1.29 is 9.90 Å². The number of hydrogen-bond acceptors (Lipinski definition) is 4. The van der Waals surface area contributed by atoms with Crippen LogP contribution in [0.2, 0.25) is 0 Å². The summed E-state index contributed by atoms with van der Waals surface area (Å²) in [5.74, 6) is 3.85. The Morgan fingerprint density at radius 3 is 2.35 bits per heavy atom. The predicted molar refractivity (Wildman–Crippen MR) is 136 cm³/mol. The van der Waals surface area contributed by atoms with Gasteiger partial charge in [-0.1, -0.05) is 18.2 Å². The summed E-state index contributed by atoms with van der Waals surface area (Å²) in [7, 11) is 0. The Hall–Kier alpha value is -3.08. The van der Waals surface area contributed by atoms with Gasteiger partial charge >= 0.3 is 0 Å². The number of carbonyl (C=O) groups excluding carboxylic acids is 1. The molecule has 0 spiro atoms. The number of carbonyl (C=O) groups is 1. The molecule has 4 aliphatic carbocycles. The number of fused-ring (bicyclic) bond motifs is 1. The van der Waals surface area contributed by atoms with Crippen LogP contribution >= 0.6 is 0 Å². The first kappa shape index (κ1) is 21.5. The van der Waals surface area contributed by atoms with E-state index in [1.165, 1.54) is 38.5 Å². The van der Waals surface area contributed by atoms with E-state index in [1.807, 2.05) is 42.5 Å². The van der Waals surface area contributed by atoms with Gasteiger partial charge in [-0.15, -0.1) is 0 Å². The lowest BCUT2D eigenvalue weighted by molar-refractivity contribution is -0.124. The molecule has 0 atom stereocenters. The lowest BCUT2D eigenvalue weighted by Crippen LogP contribution is -2.47. The maximum atomic E-state index is 13.1. The van der Waals surface area contributed by atoms with Crippen molar-refractivity contribution in [3.63, 3.8) is 0 Å². The van der Waals surface area contributed by atoms with Crippen LogP contribution in [0.5, 0.6) is 5.75 Å². The van der Waals surface area contributed by atoms with Gasteiger partial charge in [-0.2, -0.15) is 0 Å². The van der Waals surface area contributed by atoms with Crippen LogP contribution in [0, 0.1) is 23.2 Å². The molecule has 0 radical (unpaired) electrons. The molecule has 5 heteroatoms. The second kappa shape index (κ2) is 8.61. The fourth-order valence-electron chi connectivity index (χ4n) is 7.40. The highest BCUT2D eigenvalue weighted by Crippen LogP contribution is 2.61. The number of aromatic nitrogens is 1. The Labute approximate surface area is 201 Å². The van der Waals surface area contributed by atoms with E-state index in [9.17, 15) is 9.90 Å². The fraction of sp³-hybridized carbons (Fsp3) is 0.448. The second-order valence-corrected chi connectivity index (χ2v) is 11.1. The van der Waals surface area contributed by atoms with E-state index in [4.69, 9.17) is 4.98 Å². The Morgan fingerprint density at radius 2 is 1.65 bits per heavy atom. The molecule has 4 fully saturated rings. The summed E-state index contributed by atoms with van der Waals surface area (Å²) in [6.45, 7) is 0.755. The van der Waals surface area contributed by atoms with Crippen molar-refractivity contribution >= 4 is 28.3 Å². The van der Waals surface area contributed by atoms with Crippen molar-refractivity contribution in [1.29, 1.82) is 0 Å². The zero-order valence-corrected chi connectivity index (χ0v) is 19.6. The molecule has 3 aromatic rings. The highest BCUT2D eigenvalue weighted by Gasteiger charge is 2.51. The molecule has 0 aliphatic heterocycles. The molecule has 4 bridgehead atoms. The Kier molecular flexibility index (Phi) is 5.43. The standard InChI is InChI=1S/C29H33N3O2/c33-23-6-4-19(5-7-23)10-11-30-27-9-8-24-25(31-27)2-1-3-26(24)32-28(34)18-29-15-20-12-21(16-29)14-22(13-20)17-29/h1-9,20-22,33H,10-18H2,(H,30,31)(H,32,34). The van der Waals surface area contributed by atoms with Gasteiger partial charge in [0.15, 0.2) is 0 Å². The smallest absolute Gasteiger partial charge is 0.224 e. The van der Waals surface area contributed by atoms with Crippen LogP contribution in [-0.4, -0.2) is 22.5 Å². The molecule has 1 heterocycles. The van der Waals surface area contributed by atoms with Crippen LogP contribution in [0.25, 0.3) is 10.9 Å². The lowest BCUT2D eigenvalue weighted by Gasteiger charge is -2.56. The number of pyridine rings is 1. The van der Waals surface area contributed by atoms with Gasteiger partial charge < -0.3 is 15.7 Å². The Morgan fingerprint density at radius 1 is 0.941 bits per heavy atom. The van der Waals surface area contributed by atoms with Crippen molar-refractivity contribution in [2.75, 3.05) is 17.2 Å². The van der Waals surface area contributed by atoms with E-state index in [1.54, 1.807) is 12.1 Å². The molecule has 34 heavy (non-hydrogen) atoms. The maximum Gasteiger partial charge on any atom is 0.224 e. The molecular weight excluding hydrogens is 422 g/mol. The fourth-order valence-corrected chi connectivity index (χ4v) is 7.40. The number of anilines is 2. The zero-order chi connectivity index (χ0) is 23.1. The average Bonchev–Trinajstić information content (AvgIpc) is 2.79. The molecule has 4 aliphatic rings. The number of phenols is 1. The van der Waals surface area contributed by atoms with Crippen LogP contribution in [0.15, 0.2) is 54.6 Å². The summed E-state index contributed by atoms with van der Waals surface area (Å²) in [5, 5.41) is 17.0. The van der Waals surface area contributed by atoms with Crippen LogP contribution in [0.3, 0.4) is 0 Å². The SMILES string of the molecule is O=C(CC12CC3CC(CC(C3)C1)C2)Nc1cccc2nc(NCCc3ccc(O)cc3)ccc12. The van der Waals surface area contributed by atoms with Crippen LogP contribution in [0.4, 0.5) is 11.5 Å². The first-order valence-electron chi connectivity index (χ1n) is 12.8. The van der Waals surface area contributed by atoms with Gasteiger partial charge in [-0.05, 0) is 110 Å². The third kappa shape index (κ3) is 4.36. The number of phenolic OH excluding ortho intramolecular Hbond substituents is 1.